The van der Waals surface area contributed by atoms with E-state index in [2.05, 4.69) is 0 Å². The monoisotopic (exact) mass is 194 g/mol. The van der Waals surface area contributed by atoms with Crippen LogP contribution in [0.15, 0.2) is 18.2 Å². The molecule has 1 aromatic carbocycles. The highest BCUT2D eigenvalue weighted by Gasteiger charge is 2.15. The number of anilines is 1. The smallest absolute Gasteiger partial charge is 0.0941 e. The number of aliphatic hydroxyl groups is 1. The summed E-state index contributed by atoms with van der Waals surface area (Å²) in [5.41, 5.74) is 14.0. The maximum absolute atomic E-state index is 9.82. The molecule has 0 aliphatic rings. The molecule has 3 heteroatoms. The van der Waals surface area contributed by atoms with Gasteiger partial charge in [0, 0.05) is 11.7 Å². The first-order chi connectivity index (χ1) is 6.56. The third-order valence-electron chi connectivity index (χ3n) is 2.52. The van der Waals surface area contributed by atoms with Crippen LogP contribution >= 0.6 is 0 Å². The zero-order chi connectivity index (χ0) is 10.7. The van der Waals surface area contributed by atoms with E-state index in [9.17, 15) is 5.11 Å². The van der Waals surface area contributed by atoms with Gasteiger partial charge in [0.1, 0.15) is 0 Å². The summed E-state index contributed by atoms with van der Waals surface area (Å²) >= 11 is 0. The molecule has 78 valence electrons. The summed E-state index contributed by atoms with van der Waals surface area (Å²) in [7, 11) is 0. The Morgan fingerprint density at radius 3 is 2.57 bits per heavy atom. The van der Waals surface area contributed by atoms with Gasteiger partial charge in [0.15, 0.2) is 0 Å². The zero-order valence-corrected chi connectivity index (χ0v) is 8.70. The van der Waals surface area contributed by atoms with Gasteiger partial charge in [-0.15, -0.1) is 0 Å². The summed E-state index contributed by atoms with van der Waals surface area (Å²) in [4.78, 5) is 0. The average Bonchev–Trinajstić information content (AvgIpc) is 2.20. The van der Waals surface area contributed by atoms with E-state index in [-0.39, 0.29) is 6.04 Å². The Kier molecular flexibility index (Phi) is 3.49. The molecule has 0 aliphatic heterocycles. The molecular formula is C11H18N2O. The van der Waals surface area contributed by atoms with E-state index in [1.807, 2.05) is 26.0 Å². The maximum atomic E-state index is 9.82. The van der Waals surface area contributed by atoms with E-state index in [0.29, 0.717) is 5.69 Å². The summed E-state index contributed by atoms with van der Waals surface area (Å²) < 4.78 is 0. The Balaban J connectivity index is 2.91. The van der Waals surface area contributed by atoms with Gasteiger partial charge in [-0.25, -0.2) is 0 Å². The molecule has 0 aromatic heterocycles. The van der Waals surface area contributed by atoms with Crippen LogP contribution < -0.4 is 11.5 Å². The maximum Gasteiger partial charge on any atom is 0.0941 e. The number of hydrogen-bond donors (Lipinski definition) is 3. The molecule has 1 rings (SSSR count). The first-order valence-electron chi connectivity index (χ1n) is 4.86. The van der Waals surface area contributed by atoms with Gasteiger partial charge >= 0.3 is 0 Å². The lowest BCUT2D eigenvalue weighted by Crippen LogP contribution is -2.27. The first-order valence-corrected chi connectivity index (χ1v) is 4.86. The van der Waals surface area contributed by atoms with E-state index >= 15 is 0 Å². The molecule has 14 heavy (non-hydrogen) atoms. The predicted molar refractivity (Wildman–Crippen MR) is 58.8 cm³/mol. The van der Waals surface area contributed by atoms with Crippen molar-refractivity contribution in [3.63, 3.8) is 0 Å². The summed E-state index contributed by atoms with van der Waals surface area (Å²) in [6.45, 7) is 3.89. The normalized spacial score (nSPS) is 15.1. The summed E-state index contributed by atoms with van der Waals surface area (Å²) in [6.07, 6.45) is 0.123. The standard InChI is InChI=1S/C11H18N2O/c1-3-9(12)11(14)8-5-4-7(2)10(13)6-8/h4-6,9,11,14H,3,12-13H2,1-2H3/t9-,11+/m1/s1. The number of nitrogen functional groups attached to an aromatic ring is 1. The molecule has 0 aliphatic carbocycles. The molecule has 0 bridgehead atoms. The molecule has 0 fully saturated rings. The van der Waals surface area contributed by atoms with Gasteiger partial charge in [-0.05, 0) is 30.5 Å². The van der Waals surface area contributed by atoms with Crippen molar-refractivity contribution < 1.29 is 5.11 Å². The van der Waals surface area contributed by atoms with E-state index in [1.165, 1.54) is 0 Å². The minimum Gasteiger partial charge on any atom is -0.399 e. The van der Waals surface area contributed by atoms with Gasteiger partial charge in [0.05, 0.1) is 6.10 Å². The number of benzene rings is 1. The van der Waals surface area contributed by atoms with Crippen LogP contribution in [0.25, 0.3) is 0 Å². The number of rotatable bonds is 3. The largest absolute Gasteiger partial charge is 0.399 e. The quantitative estimate of drug-likeness (QED) is 0.636. The molecule has 0 amide bonds. The van der Waals surface area contributed by atoms with E-state index < -0.39 is 6.10 Å². The highest BCUT2D eigenvalue weighted by Crippen LogP contribution is 2.21. The molecule has 2 atom stereocenters. The van der Waals surface area contributed by atoms with Crippen molar-refractivity contribution in [2.75, 3.05) is 5.73 Å². The van der Waals surface area contributed by atoms with Gasteiger partial charge in [0.2, 0.25) is 0 Å². The van der Waals surface area contributed by atoms with Crippen molar-refractivity contribution in [1.82, 2.24) is 0 Å². The average molecular weight is 194 g/mol. The van der Waals surface area contributed by atoms with Crippen molar-refractivity contribution in [2.45, 2.75) is 32.4 Å². The first kappa shape index (κ1) is 11.0. The second-order valence-corrected chi connectivity index (χ2v) is 3.63. The SMILES string of the molecule is CC[C@@H](N)[C@@H](O)c1ccc(C)c(N)c1. The number of aryl methyl sites for hydroxylation is 1. The van der Waals surface area contributed by atoms with Crippen LogP contribution in [0.5, 0.6) is 0 Å². The molecule has 0 radical (unpaired) electrons. The fourth-order valence-corrected chi connectivity index (χ4v) is 1.31. The molecule has 1 aromatic rings. The van der Waals surface area contributed by atoms with Crippen LogP contribution in [-0.4, -0.2) is 11.1 Å². The summed E-state index contributed by atoms with van der Waals surface area (Å²) in [5, 5.41) is 9.82. The van der Waals surface area contributed by atoms with Gasteiger partial charge < -0.3 is 16.6 Å². The lowest BCUT2D eigenvalue weighted by atomic mass is 9.99. The second-order valence-electron chi connectivity index (χ2n) is 3.63. The molecule has 0 saturated carbocycles. The number of nitrogens with two attached hydrogens (primary N) is 2. The number of aliphatic hydroxyl groups excluding tert-OH is 1. The van der Waals surface area contributed by atoms with Gasteiger partial charge in [-0.2, -0.15) is 0 Å². The van der Waals surface area contributed by atoms with Crippen molar-refractivity contribution in [1.29, 1.82) is 0 Å². The Morgan fingerprint density at radius 1 is 1.43 bits per heavy atom. The fraction of sp³-hybridized carbons (Fsp3) is 0.455. The summed E-state index contributed by atoms with van der Waals surface area (Å²) in [5.74, 6) is 0. The fourth-order valence-electron chi connectivity index (χ4n) is 1.31. The minimum absolute atomic E-state index is 0.225. The minimum atomic E-state index is -0.622. The Bertz CT molecular complexity index is 312. The van der Waals surface area contributed by atoms with Gasteiger partial charge in [-0.1, -0.05) is 19.1 Å². The third-order valence-corrected chi connectivity index (χ3v) is 2.52. The van der Waals surface area contributed by atoms with E-state index in [0.717, 1.165) is 17.5 Å². The van der Waals surface area contributed by atoms with Crippen molar-refractivity contribution in [3.8, 4) is 0 Å². The number of hydrogen-bond acceptors (Lipinski definition) is 3. The van der Waals surface area contributed by atoms with Crippen LogP contribution in [0.3, 0.4) is 0 Å². The topological polar surface area (TPSA) is 72.3 Å². The Labute approximate surface area is 84.7 Å². The van der Waals surface area contributed by atoms with Crippen molar-refractivity contribution in [3.05, 3.63) is 29.3 Å². The van der Waals surface area contributed by atoms with Crippen LogP contribution in [0.4, 0.5) is 5.69 Å². The lowest BCUT2D eigenvalue weighted by molar-refractivity contribution is 0.144. The zero-order valence-electron chi connectivity index (χ0n) is 8.70. The van der Waals surface area contributed by atoms with Crippen molar-refractivity contribution in [2.24, 2.45) is 5.73 Å². The molecule has 5 N–H and O–H groups in total. The van der Waals surface area contributed by atoms with Crippen LogP contribution in [0.1, 0.15) is 30.6 Å². The Hall–Kier alpha value is -1.06. The molecule has 0 heterocycles. The molecule has 0 saturated heterocycles. The van der Waals surface area contributed by atoms with Crippen molar-refractivity contribution >= 4 is 5.69 Å². The lowest BCUT2D eigenvalue weighted by Gasteiger charge is -2.18. The third kappa shape index (κ3) is 2.25. The van der Waals surface area contributed by atoms with Crippen LogP contribution in [0, 0.1) is 6.92 Å². The summed E-state index contributed by atoms with van der Waals surface area (Å²) in [6, 6.07) is 5.33. The van der Waals surface area contributed by atoms with Gasteiger partial charge in [0.25, 0.3) is 0 Å². The molecule has 3 nitrogen and oxygen atoms in total. The van der Waals surface area contributed by atoms with E-state index in [1.54, 1.807) is 6.07 Å². The van der Waals surface area contributed by atoms with E-state index in [4.69, 9.17) is 11.5 Å². The molecular weight excluding hydrogens is 176 g/mol. The molecule has 0 unspecified atom stereocenters. The highest BCUT2D eigenvalue weighted by molar-refractivity contribution is 5.48. The van der Waals surface area contributed by atoms with Crippen LogP contribution in [-0.2, 0) is 0 Å². The molecule has 0 spiro atoms. The Morgan fingerprint density at radius 2 is 2.07 bits per heavy atom. The second kappa shape index (κ2) is 4.44. The highest BCUT2D eigenvalue weighted by atomic mass is 16.3. The predicted octanol–water partition coefficient (Wildman–Crippen LogP) is 1.35. The van der Waals surface area contributed by atoms with Gasteiger partial charge in [-0.3, -0.25) is 0 Å². The van der Waals surface area contributed by atoms with Crippen LogP contribution in [0.2, 0.25) is 0 Å².